The molecule has 0 radical (unpaired) electrons. The lowest BCUT2D eigenvalue weighted by Gasteiger charge is -2.15. The molecule has 2 aromatic rings. The average molecular weight is 266 g/mol. The number of thiophene rings is 1. The van der Waals surface area contributed by atoms with Gasteiger partial charge in [0.15, 0.2) is 0 Å². The molecule has 0 atom stereocenters. The zero-order chi connectivity index (χ0) is 13.0. The molecule has 2 aromatic heterocycles. The number of nitrogens with two attached hydrogens (primary N) is 1. The third-order valence-corrected chi connectivity index (χ3v) is 3.44. The van der Waals surface area contributed by atoms with E-state index in [0.717, 1.165) is 35.8 Å². The number of fused-ring (bicyclic) bond motifs is 1. The molecule has 2 rings (SSSR count). The van der Waals surface area contributed by atoms with Crippen molar-refractivity contribution in [3.63, 3.8) is 0 Å². The molecule has 18 heavy (non-hydrogen) atoms. The highest BCUT2D eigenvalue weighted by molar-refractivity contribution is 7.16. The highest BCUT2D eigenvalue weighted by Crippen LogP contribution is 2.22. The number of ether oxygens (including phenoxy) is 1. The van der Waals surface area contributed by atoms with Crippen LogP contribution in [0.15, 0.2) is 11.4 Å². The Bertz CT molecular complexity index is 514. The number of rotatable bonds is 6. The van der Waals surface area contributed by atoms with Gasteiger partial charge in [0.1, 0.15) is 16.5 Å². The molecular weight excluding hydrogens is 248 g/mol. The molecule has 2 N–H and O–H groups in total. The molecule has 0 spiro atoms. The van der Waals surface area contributed by atoms with Crippen molar-refractivity contribution in [3.8, 4) is 0 Å². The summed E-state index contributed by atoms with van der Waals surface area (Å²) >= 11 is 1.59. The van der Waals surface area contributed by atoms with Crippen LogP contribution in [-0.4, -0.2) is 41.7 Å². The van der Waals surface area contributed by atoms with Crippen LogP contribution in [0.1, 0.15) is 12.7 Å². The molecule has 98 valence electrons. The molecule has 0 aliphatic carbocycles. The van der Waals surface area contributed by atoms with Crippen molar-refractivity contribution in [2.75, 3.05) is 32.5 Å². The Balaban J connectivity index is 2.02. The van der Waals surface area contributed by atoms with E-state index in [9.17, 15) is 0 Å². The number of likely N-dealkylation sites (N-methyl/N-ethyl adjacent to an activating group) is 1. The van der Waals surface area contributed by atoms with Gasteiger partial charge in [0, 0.05) is 13.2 Å². The molecule has 5 nitrogen and oxygen atoms in total. The van der Waals surface area contributed by atoms with Gasteiger partial charge in [0.2, 0.25) is 0 Å². The van der Waals surface area contributed by atoms with Crippen LogP contribution in [0.25, 0.3) is 10.2 Å². The van der Waals surface area contributed by atoms with Gasteiger partial charge in [-0.3, -0.25) is 4.90 Å². The number of anilines is 1. The molecule has 0 aliphatic heterocycles. The molecule has 0 fully saturated rings. The molecule has 0 aromatic carbocycles. The summed E-state index contributed by atoms with van der Waals surface area (Å²) in [6.07, 6.45) is 0. The van der Waals surface area contributed by atoms with Gasteiger partial charge in [-0.15, -0.1) is 11.3 Å². The summed E-state index contributed by atoms with van der Waals surface area (Å²) in [4.78, 5) is 11.9. The third-order valence-electron chi connectivity index (χ3n) is 2.63. The summed E-state index contributed by atoms with van der Waals surface area (Å²) in [5.41, 5.74) is 5.91. The number of nitrogen functional groups attached to an aromatic ring is 1. The summed E-state index contributed by atoms with van der Waals surface area (Å²) in [7, 11) is 2.02. The van der Waals surface area contributed by atoms with Gasteiger partial charge < -0.3 is 10.5 Å². The monoisotopic (exact) mass is 266 g/mol. The summed E-state index contributed by atoms with van der Waals surface area (Å²) < 4.78 is 5.32. The average Bonchev–Trinajstić information content (AvgIpc) is 2.78. The van der Waals surface area contributed by atoms with E-state index >= 15 is 0 Å². The Morgan fingerprint density at radius 3 is 3.06 bits per heavy atom. The topological polar surface area (TPSA) is 64.3 Å². The Morgan fingerprint density at radius 1 is 1.44 bits per heavy atom. The zero-order valence-corrected chi connectivity index (χ0v) is 11.5. The molecule has 0 aliphatic rings. The molecule has 2 heterocycles. The Hall–Kier alpha value is -1.24. The van der Waals surface area contributed by atoms with Crippen LogP contribution in [-0.2, 0) is 11.3 Å². The second-order valence-corrected chi connectivity index (χ2v) is 4.99. The van der Waals surface area contributed by atoms with E-state index in [2.05, 4.69) is 14.9 Å². The van der Waals surface area contributed by atoms with E-state index in [1.807, 2.05) is 25.4 Å². The van der Waals surface area contributed by atoms with Crippen molar-refractivity contribution in [3.05, 3.63) is 17.3 Å². The van der Waals surface area contributed by atoms with Gasteiger partial charge in [0.05, 0.1) is 18.5 Å². The first-order valence-electron chi connectivity index (χ1n) is 5.96. The number of nitrogens with zero attached hydrogens (tertiary/aromatic N) is 3. The number of aromatic nitrogens is 2. The molecule has 0 bridgehead atoms. The van der Waals surface area contributed by atoms with Gasteiger partial charge >= 0.3 is 0 Å². The Labute approximate surface area is 111 Å². The largest absolute Gasteiger partial charge is 0.383 e. The minimum atomic E-state index is 0.564. The van der Waals surface area contributed by atoms with Crippen molar-refractivity contribution in [1.29, 1.82) is 0 Å². The van der Waals surface area contributed by atoms with Crippen LogP contribution in [0, 0.1) is 0 Å². The van der Waals surface area contributed by atoms with Crippen molar-refractivity contribution >= 4 is 27.4 Å². The fraction of sp³-hybridized carbons (Fsp3) is 0.500. The number of hydrogen-bond acceptors (Lipinski definition) is 6. The number of hydrogen-bond donors (Lipinski definition) is 1. The lowest BCUT2D eigenvalue weighted by molar-refractivity contribution is 0.119. The van der Waals surface area contributed by atoms with Gasteiger partial charge in [-0.2, -0.15) is 0 Å². The summed E-state index contributed by atoms with van der Waals surface area (Å²) in [5.74, 6) is 1.33. The zero-order valence-electron chi connectivity index (χ0n) is 10.7. The second kappa shape index (κ2) is 6.08. The molecule has 0 saturated carbocycles. The van der Waals surface area contributed by atoms with E-state index in [1.165, 1.54) is 0 Å². The normalized spacial score (nSPS) is 11.5. The van der Waals surface area contributed by atoms with E-state index in [4.69, 9.17) is 10.5 Å². The van der Waals surface area contributed by atoms with Crippen LogP contribution < -0.4 is 5.73 Å². The van der Waals surface area contributed by atoms with Crippen LogP contribution in [0.3, 0.4) is 0 Å². The first-order valence-corrected chi connectivity index (χ1v) is 6.84. The van der Waals surface area contributed by atoms with Crippen molar-refractivity contribution in [2.45, 2.75) is 13.5 Å². The maximum absolute atomic E-state index is 5.91. The van der Waals surface area contributed by atoms with Gasteiger partial charge in [-0.05, 0) is 25.4 Å². The van der Waals surface area contributed by atoms with Gasteiger partial charge in [-0.25, -0.2) is 9.97 Å². The molecule has 0 amide bonds. The van der Waals surface area contributed by atoms with Crippen LogP contribution in [0.5, 0.6) is 0 Å². The Morgan fingerprint density at radius 2 is 2.28 bits per heavy atom. The Kier molecular flexibility index (Phi) is 4.46. The van der Waals surface area contributed by atoms with Gasteiger partial charge in [-0.1, -0.05) is 0 Å². The van der Waals surface area contributed by atoms with Crippen LogP contribution in [0.2, 0.25) is 0 Å². The highest BCUT2D eigenvalue weighted by Gasteiger charge is 2.08. The molecule has 6 heteroatoms. The van der Waals surface area contributed by atoms with Crippen molar-refractivity contribution in [1.82, 2.24) is 14.9 Å². The quantitative estimate of drug-likeness (QED) is 0.807. The summed E-state index contributed by atoms with van der Waals surface area (Å²) in [6, 6.07) is 1.96. The summed E-state index contributed by atoms with van der Waals surface area (Å²) in [5, 5.41) is 2.93. The predicted molar refractivity (Wildman–Crippen MR) is 74.7 cm³/mol. The first-order chi connectivity index (χ1) is 8.70. The van der Waals surface area contributed by atoms with E-state index in [1.54, 1.807) is 11.3 Å². The molecule has 0 unspecified atom stereocenters. The maximum atomic E-state index is 5.91. The van der Waals surface area contributed by atoms with Gasteiger partial charge in [0.25, 0.3) is 0 Å². The smallest absolute Gasteiger partial charge is 0.146 e. The lowest BCUT2D eigenvalue weighted by Crippen LogP contribution is -2.24. The van der Waals surface area contributed by atoms with E-state index < -0.39 is 0 Å². The maximum Gasteiger partial charge on any atom is 0.146 e. The molecular formula is C12H18N4OS. The minimum absolute atomic E-state index is 0.564. The van der Waals surface area contributed by atoms with Crippen molar-refractivity contribution < 1.29 is 4.74 Å². The van der Waals surface area contributed by atoms with E-state index in [0.29, 0.717) is 12.4 Å². The fourth-order valence-corrected chi connectivity index (χ4v) is 2.47. The predicted octanol–water partition coefficient (Wildman–Crippen LogP) is 1.74. The second-order valence-electron chi connectivity index (χ2n) is 4.10. The summed E-state index contributed by atoms with van der Waals surface area (Å²) in [6.45, 7) is 5.02. The SMILES string of the molecule is CCOCCN(C)Cc1nc(N)c2ccsc2n1. The van der Waals surface area contributed by atoms with Crippen molar-refractivity contribution in [2.24, 2.45) is 0 Å². The van der Waals surface area contributed by atoms with Crippen LogP contribution >= 0.6 is 11.3 Å². The first kappa shape index (κ1) is 13.2. The van der Waals surface area contributed by atoms with E-state index in [-0.39, 0.29) is 0 Å². The lowest BCUT2D eigenvalue weighted by atomic mass is 10.3. The highest BCUT2D eigenvalue weighted by atomic mass is 32.1. The third kappa shape index (κ3) is 3.16. The molecule has 0 saturated heterocycles. The fourth-order valence-electron chi connectivity index (χ4n) is 1.68. The minimum Gasteiger partial charge on any atom is -0.383 e. The standard InChI is InChI=1S/C12H18N4OS/c1-3-17-6-5-16(2)8-10-14-11(13)9-4-7-18-12(9)15-10/h4,7H,3,5-6,8H2,1-2H3,(H2,13,14,15). The van der Waals surface area contributed by atoms with Crippen LogP contribution in [0.4, 0.5) is 5.82 Å².